The highest BCUT2D eigenvalue weighted by molar-refractivity contribution is 6.00. The Kier molecular flexibility index (Phi) is 1.11. The Labute approximate surface area is 72.8 Å². The zero-order chi connectivity index (χ0) is 8.67. The van der Waals surface area contributed by atoms with Crippen LogP contribution in [-0.2, 0) is 0 Å². The number of nitrogens with one attached hydrogen (secondary N) is 1. The smallest absolute Gasteiger partial charge is 0.116 e. The number of benzene rings is 1. The minimum Gasteiger partial charge on any atom is -0.255 e. The van der Waals surface area contributed by atoms with Crippen molar-refractivity contribution in [2.75, 3.05) is 0 Å². The maximum atomic E-state index is 4.16. The van der Waals surface area contributed by atoms with Gasteiger partial charge < -0.3 is 0 Å². The molecule has 2 aromatic heterocycles. The third-order valence-corrected chi connectivity index (χ3v) is 1.97. The molecule has 13 heavy (non-hydrogen) atoms. The van der Waals surface area contributed by atoms with E-state index in [1.807, 2.05) is 12.1 Å². The first kappa shape index (κ1) is 6.47. The van der Waals surface area contributed by atoms with Crippen molar-refractivity contribution in [2.24, 2.45) is 0 Å². The molecule has 0 unspecified atom stereocenters. The van der Waals surface area contributed by atoms with Gasteiger partial charge in [-0.2, -0.15) is 0 Å². The predicted octanol–water partition coefficient (Wildman–Crippen LogP) is 0.901. The van der Waals surface area contributed by atoms with Crippen molar-refractivity contribution < 1.29 is 0 Å². The second-order valence-corrected chi connectivity index (χ2v) is 2.73. The Balaban J connectivity index is 2.65. The topological polar surface area (TPSA) is 67.3 Å². The molecule has 0 saturated carbocycles. The van der Waals surface area contributed by atoms with E-state index < -0.39 is 0 Å². The fourth-order valence-electron chi connectivity index (χ4n) is 1.37. The maximum absolute atomic E-state index is 4.16. The van der Waals surface area contributed by atoms with Gasteiger partial charge in [-0.3, -0.25) is 5.10 Å². The van der Waals surface area contributed by atoms with Gasteiger partial charge in [0.05, 0.1) is 0 Å². The van der Waals surface area contributed by atoms with Crippen molar-refractivity contribution in [3.63, 3.8) is 0 Å². The summed E-state index contributed by atoms with van der Waals surface area (Å²) in [7, 11) is 0. The fraction of sp³-hybridized carbons (Fsp3) is 0. The van der Waals surface area contributed by atoms with Crippen molar-refractivity contribution in [3.05, 3.63) is 24.7 Å². The number of hydrogen-bond acceptors (Lipinski definition) is 4. The molecule has 0 radical (unpaired) electrons. The molecule has 1 aromatic carbocycles. The van der Waals surface area contributed by atoms with E-state index in [9.17, 15) is 0 Å². The minimum atomic E-state index is 0.825. The zero-order valence-electron chi connectivity index (χ0n) is 6.60. The summed E-state index contributed by atoms with van der Waals surface area (Å²) >= 11 is 0. The van der Waals surface area contributed by atoms with Gasteiger partial charge in [0.25, 0.3) is 0 Å². The summed E-state index contributed by atoms with van der Waals surface area (Å²) in [5, 5.41) is 11.4. The van der Waals surface area contributed by atoms with Gasteiger partial charge in [-0.05, 0) is 12.1 Å². The van der Waals surface area contributed by atoms with Crippen LogP contribution < -0.4 is 0 Å². The third-order valence-electron chi connectivity index (χ3n) is 1.97. The van der Waals surface area contributed by atoms with E-state index >= 15 is 0 Å². The van der Waals surface area contributed by atoms with Crippen molar-refractivity contribution in [1.29, 1.82) is 0 Å². The Bertz CT molecular complexity index is 571. The summed E-state index contributed by atoms with van der Waals surface area (Å²) in [4.78, 5) is 8.10. The quantitative estimate of drug-likeness (QED) is 0.545. The molecule has 3 aromatic rings. The SMILES string of the molecule is c1ncc2ccc3nn[nH]c3c2n1. The van der Waals surface area contributed by atoms with Crippen LogP contribution in [0.3, 0.4) is 0 Å². The summed E-state index contributed by atoms with van der Waals surface area (Å²) in [6, 6.07) is 3.82. The summed E-state index contributed by atoms with van der Waals surface area (Å²) in [6.07, 6.45) is 3.28. The monoisotopic (exact) mass is 171 g/mol. The molecular formula is C8H5N5. The molecule has 0 aliphatic carbocycles. The second-order valence-electron chi connectivity index (χ2n) is 2.73. The van der Waals surface area contributed by atoms with Gasteiger partial charge in [0, 0.05) is 11.6 Å². The summed E-state index contributed by atoms with van der Waals surface area (Å²) < 4.78 is 0. The van der Waals surface area contributed by atoms with Crippen LogP contribution >= 0.6 is 0 Å². The average molecular weight is 171 g/mol. The number of aromatic nitrogens is 5. The second kappa shape index (κ2) is 2.22. The Morgan fingerprint density at radius 2 is 2.23 bits per heavy atom. The van der Waals surface area contributed by atoms with E-state index in [4.69, 9.17) is 0 Å². The first-order valence-corrected chi connectivity index (χ1v) is 3.84. The number of hydrogen-bond donors (Lipinski definition) is 1. The van der Waals surface area contributed by atoms with Crippen LogP contribution in [-0.4, -0.2) is 25.4 Å². The van der Waals surface area contributed by atoms with Gasteiger partial charge in [0.2, 0.25) is 0 Å². The molecule has 1 N–H and O–H groups in total. The van der Waals surface area contributed by atoms with E-state index in [-0.39, 0.29) is 0 Å². The minimum absolute atomic E-state index is 0.825. The van der Waals surface area contributed by atoms with Gasteiger partial charge in [0.1, 0.15) is 22.9 Å². The number of aromatic amines is 1. The van der Waals surface area contributed by atoms with Crippen molar-refractivity contribution >= 4 is 21.9 Å². The van der Waals surface area contributed by atoms with Crippen LogP contribution in [0.15, 0.2) is 24.7 Å². The molecule has 2 heterocycles. The van der Waals surface area contributed by atoms with E-state index in [2.05, 4.69) is 25.4 Å². The van der Waals surface area contributed by atoms with Crippen LogP contribution in [0.5, 0.6) is 0 Å². The van der Waals surface area contributed by atoms with Crippen LogP contribution in [0.4, 0.5) is 0 Å². The summed E-state index contributed by atoms with van der Waals surface area (Å²) in [5.41, 5.74) is 2.55. The molecule has 0 fully saturated rings. The Morgan fingerprint density at radius 3 is 3.23 bits per heavy atom. The number of fused-ring (bicyclic) bond motifs is 3. The molecular weight excluding hydrogens is 166 g/mol. The van der Waals surface area contributed by atoms with Gasteiger partial charge in [0.15, 0.2) is 0 Å². The molecule has 0 atom stereocenters. The van der Waals surface area contributed by atoms with Crippen LogP contribution in [0.1, 0.15) is 0 Å². The molecule has 3 rings (SSSR count). The maximum Gasteiger partial charge on any atom is 0.116 e. The highest BCUT2D eigenvalue weighted by atomic mass is 15.3. The molecule has 0 bridgehead atoms. The lowest BCUT2D eigenvalue weighted by Gasteiger charge is -1.94. The van der Waals surface area contributed by atoms with Gasteiger partial charge >= 0.3 is 0 Å². The molecule has 62 valence electrons. The molecule has 0 aliphatic heterocycles. The van der Waals surface area contributed by atoms with Gasteiger partial charge in [-0.1, -0.05) is 5.21 Å². The standard InChI is InChI=1S/C8H5N5/c1-2-6-8(12-13-11-6)7-5(1)3-9-4-10-7/h1-4H,(H,11,12,13). The normalized spacial score (nSPS) is 11.1. The zero-order valence-corrected chi connectivity index (χ0v) is 6.60. The van der Waals surface area contributed by atoms with E-state index in [1.165, 1.54) is 6.33 Å². The van der Waals surface area contributed by atoms with E-state index in [0.717, 1.165) is 21.9 Å². The average Bonchev–Trinajstić information content (AvgIpc) is 2.65. The highest BCUT2D eigenvalue weighted by Gasteiger charge is 2.02. The summed E-state index contributed by atoms with van der Waals surface area (Å²) in [6.45, 7) is 0. The molecule has 0 amide bonds. The largest absolute Gasteiger partial charge is 0.255 e. The number of rotatable bonds is 0. The van der Waals surface area contributed by atoms with E-state index in [0.29, 0.717) is 0 Å². The fourth-order valence-corrected chi connectivity index (χ4v) is 1.37. The van der Waals surface area contributed by atoms with Crippen LogP contribution in [0.25, 0.3) is 21.9 Å². The lowest BCUT2D eigenvalue weighted by atomic mass is 10.2. The first-order chi connectivity index (χ1) is 6.45. The third kappa shape index (κ3) is 0.807. The van der Waals surface area contributed by atoms with Crippen LogP contribution in [0, 0.1) is 0 Å². The lowest BCUT2D eigenvalue weighted by Crippen LogP contribution is -1.82. The first-order valence-electron chi connectivity index (χ1n) is 3.84. The number of nitrogens with zero attached hydrogens (tertiary/aromatic N) is 4. The van der Waals surface area contributed by atoms with Crippen molar-refractivity contribution in [1.82, 2.24) is 25.4 Å². The van der Waals surface area contributed by atoms with Gasteiger partial charge in [-0.15, -0.1) is 5.10 Å². The van der Waals surface area contributed by atoms with E-state index in [1.54, 1.807) is 6.20 Å². The number of H-pyrrole nitrogens is 1. The van der Waals surface area contributed by atoms with Gasteiger partial charge in [-0.25, -0.2) is 9.97 Å². The van der Waals surface area contributed by atoms with Crippen molar-refractivity contribution in [3.8, 4) is 0 Å². The molecule has 0 spiro atoms. The van der Waals surface area contributed by atoms with Crippen LogP contribution in [0.2, 0.25) is 0 Å². The predicted molar refractivity (Wildman–Crippen MR) is 47.0 cm³/mol. The van der Waals surface area contributed by atoms with Crippen molar-refractivity contribution in [2.45, 2.75) is 0 Å². The Hall–Kier alpha value is -2.04. The summed E-state index contributed by atoms with van der Waals surface area (Å²) in [5.74, 6) is 0. The highest BCUT2D eigenvalue weighted by Crippen LogP contribution is 2.17. The molecule has 0 aliphatic rings. The molecule has 5 nitrogen and oxygen atoms in total. The molecule has 5 heteroatoms. The Morgan fingerprint density at radius 1 is 1.23 bits per heavy atom. The lowest BCUT2D eigenvalue weighted by molar-refractivity contribution is 0.960. The molecule has 0 saturated heterocycles.